The highest BCUT2D eigenvalue weighted by atomic mass is 16.2. The summed E-state index contributed by atoms with van der Waals surface area (Å²) in [6.07, 6.45) is 0. The van der Waals surface area contributed by atoms with Crippen LogP contribution in [0.3, 0.4) is 0 Å². The van der Waals surface area contributed by atoms with Gasteiger partial charge in [-0.25, -0.2) is 0 Å². The molecule has 0 aliphatic rings. The Balaban J connectivity index is 2.21. The number of carbonyl (C=O) groups is 2. The molecule has 0 aliphatic carbocycles. The zero-order valence-electron chi connectivity index (χ0n) is 16.0. The second kappa shape index (κ2) is 7.30. The van der Waals surface area contributed by atoms with E-state index in [1.807, 2.05) is 64.1 Å². The highest BCUT2D eigenvalue weighted by Crippen LogP contribution is 2.25. The van der Waals surface area contributed by atoms with Crippen molar-refractivity contribution in [3.05, 3.63) is 59.7 Å². The van der Waals surface area contributed by atoms with E-state index >= 15 is 0 Å². The van der Waals surface area contributed by atoms with E-state index in [0.29, 0.717) is 11.4 Å². The number of hydrogen-bond donors (Lipinski definition) is 3. The maximum Gasteiger partial charge on any atom is 0.248 e. The highest BCUT2D eigenvalue weighted by molar-refractivity contribution is 6.00. The van der Waals surface area contributed by atoms with Gasteiger partial charge in [0.15, 0.2) is 0 Å². The van der Waals surface area contributed by atoms with Crippen molar-refractivity contribution in [2.24, 2.45) is 11.1 Å². The van der Waals surface area contributed by atoms with Crippen molar-refractivity contribution in [2.45, 2.75) is 40.2 Å². The molecule has 5 heteroatoms. The van der Waals surface area contributed by atoms with E-state index in [0.717, 1.165) is 11.1 Å². The number of nitrogens with two attached hydrogens (primary N) is 1. The lowest BCUT2D eigenvalue weighted by molar-refractivity contribution is -0.123. The topological polar surface area (TPSA) is 84.2 Å². The summed E-state index contributed by atoms with van der Waals surface area (Å²) in [5.41, 5.74) is 7.47. The molecule has 2 amide bonds. The predicted octanol–water partition coefficient (Wildman–Crippen LogP) is 3.79. The molecule has 2 rings (SSSR count). The molecule has 26 heavy (non-hydrogen) atoms. The molecule has 0 bridgehead atoms. The number of carbonyl (C=O) groups excluding carboxylic acids is 2. The first-order chi connectivity index (χ1) is 12.0. The zero-order valence-corrected chi connectivity index (χ0v) is 16.0. The Labute approximate surface area is 155 Å². The van der Waals surface area contributed by atoms with Crippen LogP contribution in [-0.4, -0.2) is 11.8 Å². The molecule has 4 N–H and O–H groups in total. The number of amides is 2. The maximum atomic E-state index is 12.7. The van der Waals surface area contributed by atoms with Crippen LogP contribution in [0.4, 0.5) is 11.4 Å². The summed E-state index contributed by atoms with van der Waals surface area (Å²) >= 11 is 0. The van der Waals surface area contributed by atoms with Gasteiger partial charge in [0.05, 0.1) is 0 Å². The summed E-state index contributed by atoms with van der Waals surface area (Å²) in [6, 6.07) is 14.6. The van der Waals surface area contributed by atoms with Crippen LogP contribution < -0.4 is 16.4 Å². The minimum atomic E-state index is -1.17. The Hall–Kier alpha value is -2.66. The molecule has 5 nitrogen and oxygen atoms in total. The summed E-state index contributed by atoms with van der Waals surface area (Å²) in [5.74, 6) is -0.405. The van der Waals surface area contributed by atoms with Crippen LogP contribution in [0.25, 0.3) is 0 Å². The number of hydrogen-bond acceptors (Lipinski definition) is 3. The van der Waals surface area contributed by atoms with Gasteiger partial charge in [-0.15, -0.1) is 0 Å². The molecule has 0 spiro atoms. The van der Waals surface area contributed by atoms with Crippen LogP contribution in [-0.2, 0) is 15.1 Å². The number of rotatable bonds is 4. The first-order valence-corrected chi connectivity index (χ1v) is 8.60. The number of nitrogens with one attached hydrogen (secondary N) is 2. The molecule has 0 aromatic heterocycles. The van der Waals surface area contributed by atoms with Gasteiger partial charge in [-0.2, -0.15) is 0 Å². The van der Waals surface area contributed by atoms with E-state index < -0.39 is 11.0 Å². The van der Waals surface area contributed by atoms with Gasteiger partial charge in [-0.1, -0.05) is 57.2 Å². The summed E-state index contributed by atoms with van der Waals surface area (Å²) in [4.78, 5) is 24.9. The lowest BCUT2D eigenvalue weighted by Crippen LogP contribution is -2.45. The molecule has 0 aliphatic heterocycles. The van der Waals surface area contributed by atoms with Crippen molar-refractivity contribution >= 4 is 23.2 Å². The highest BCUT2D eigenvalue weighted by Gasteiger charge is 2.30. The molecule has 0 heterocycles. The largest absolute Gasteiger partial charge is 0.325 e. The summed E-state index contributed by atoms with van der Waals surface area (Å²) in [7, 11) is 0. The van der Waals surface area contributed by atoms with Gasteiger partial charge < -0.3 is 16.4 Å². The van der Waals surface area contributed by atoms with Crippen LogP contribution >= 0.6 is 0 Å². The normalized spacial score (nSPS) is 13.6. The van der Waals surface area contributed by atoms with E-state index in [4.69, 9.17) is 5.73 Å². The Morgan fingerprint density at radius 3 is 2.08 bits per heavy atom. The van der Waals surface area contributed by atoms with Gasteiger partial charge in [-0.3, -0.25) is 9.59 Å². The Morgan fingerprint density at radius 1 is 0.885 bits per heavy atom. The Bertz CT molecular complexity index is 806. The molecular formula is C21H27N3O2. The Kier molecular flexibility index (Phi) is 5.52. The third-order valence-corrected chi connectivity index (χ3v) is 4.27. The average Bonchev–Trinajstić information content (AvgIpc) is 2.57. The lowest BCUT2D eigenvalue weighted by atomic mass is 9.92. The minimum Gasteiger partial charge on any atom is -0.325 e. The molecule has 0 radical (unpaired) electrons. The maximum absolute atomic E-state index is 12.7. The van der Waals surface area contributed by atoms with Crippen LogP contribution in [0.2, 0.25) is 0 Å². The van der Waals surface area contributed by atoms with Crippen molar-refractivity contribution in [1.82, 2.24) is 0 Å². The molecule has 138 valence electrons. The third-order valence-electron chi connectivity index (χ3n) is 4.27. The van der Waals surface area contributed by atoms with Gasteiger partial charge in [-0.05, 0) is 37.1 Å². The van der Waals surface area contributed by atoms with Crippen LogP contribution in [0, 0.1) is 12.3 Å². The fourth-order valence-electron chi connectivity index (χ4n) is 2.32. The van der Waals surface area contributed by atoms with Crippen LogP contribution in [0.15, 0.2) is 48.5 Å². The fraction of sp³-hybridized carbons (Fsp3) is 0.333. The van der Waals surface area contributed by atoms with Crippen molar-refractivity contribution < 1.29 is 9.59 Å². The quantitative estimate of drug-likeness (QED) is 0.782. The molecular weight excluding hydrogens is 326 g/mol. The number of aryl methyl sites for hydroxylation is 1. The Morgan fingerprint density at radius 2 is 1.50 bits per heavy atom. The first-order valence-electron chi connectivity index (χ1n) is 8.60. The lowest BCUT2D eigenvalue weighted by Gasteiger charge is -2.24. The molecule has 1 atom stereocenters. The van der Waals surface area contributed by atoms with Crippen LogP contribution in [0.5, 0.6) is 0 Å². The average molecular weight is 353 g/mol. The summed E-state index contributed by atoms with van der Waals surface area (Å²) in [6.45, 7) is 9.13. The van der Waals surface area contributed by atoms with Crippen molar-refractivity contribution in [3.8, 4) is 0 Å². The van der Waals surface area contributed by atoms with E-state index in [2.05, 4.69) is 10.6 Å². The van der Waals surface area contributed by atoms with Gasteiger partial charge in [0.1, 0.15) is 5.54 Å². The minimum absolute atomic E-state index is 0.0861. The zero-order chi connectivity index (χ0) is 19.5. The molecule has 1 unspecified atom stereocenters. The van der Waals surface area contributed by atoms with Crippen molar-refractivity contribution in [1.29, 1.82) is 0 Å². The smallest absolute Gasteiger partial charge is 0.248 e. The standard InChI is InChI=1S/C21H27N3O2/c1-14-11-12-16(13-17(14)24-18(25)20(2,3)4)23-19(26)21(5,22)15-9-7-6-8-10-15/h6-13H,22H2,1-5H3,(H,23,26)(H,24,25). The fourth-order valence-corrected chi connectivity index (χ4v) is 2.32. The monoisotopic (exact) mass is 353 g/mol. The second-order valence-electron chi connectivity index (χ2n) is 7.76. The van der Waals surface area contributed by atoms with Crippen molar-refractivity contribution in [2.75, 3.05) is 10.6 Å². The van der Waals surface area contributed by atoms with Gasteiger partial charge >= 0.3 is 0 Å². The molecule has 0 saturated heterocycles. The van der Waals surface area contributed by atoms with Gasteiger partial charge in [0.2, 0.25) is 11.8 Å². The first kappa shape index (κ1) is 19.7. The number of benzene rings is 2. The summed E-state index contributed by atoms with van der Waals surface area (Å²) < 4.78 is 0. The van der Waals surface area contributed by atoms with E-state index in [9.17, 15) is 9.59 Å². The van der Waals surface area contributed by atoms with Gasteiger partial charge in [0.25, 0.3) is 0 Å². The van der Waals surface area contributed by atoms with Crippen molar-refractivity contribution in [3.63, 3.8) is 0 Å². The molecule has 0 saturated carbocycles. The van der Waals surface area contributed by atoms with E-state index in [1.165, 1.54) is 0 Å². The van der Waals surface area contributed by atoms with E-state index in [-0.39, 0.29) is 11.8 Å². The summed E-state index contributed by atoms with van der Waals surface area (Å²) in [5, 5.41) is 5.76. The SMILES string of the molecule is Cc1ccc(NC(=O)C(C)(N)c2ccccc2)cc1NC(=O)C(C)(C)C. The van der Waals surface area contributed by atoms with Crippen LogP contribution in [0.1, 0.15) is 38.8 Å². The predicted molar refractivity (Wildman–Crippen MR) is 106 cm³/mol. The molecule has 2 aromatic carbocycles. The van der Waals surface area contributed by atoms with Gasteiger partial charge in [0, 0.05) is 16.8 Å². The molecule has 0 fully saturated rings. The van der Waals surface area contributed by atoms with E-state index in [1.54, 1.807) is 19.1 Å². The third kappa shape index (κ3) is 4.49. The number of anilines is 2. The molecule has 2 aromatic rings. The second-order valence-corrected chi connectivity index (χ2v) is 7.76.